The van der Waals surface area contributed by atoms with Crippen LogP contribution in [0.1, 0.15) is 41.0 Å². The van der Waals surface area contributed by atoms with Crippen molar-refractivity contribution < 1.29 is 9.09 Å². The zero-order valence-electron chi connectivity index (χ0n) is 8.36. The molecule has 0 aliphatic carbocycles. The van der Waals surface area contributed by atoms with Crippen LogP contribution in [0.15, 0.2) is 0 Å². The van der Waals surface area contributed by atoms with Crippen LogP contribution >= 0.6 is 0 Å². The summed E-state index contributed by atoms with van der Waals surface area (Å²) in [5.41, 5.74) is 0. The second kappa shape index (κ2) is 12.5. The fourth-order valence-corrected chi connectivity index (χ4v) is 0. The van der Waals surface area contributed by atoms with Crippen LogP contribution in [0.5, 0.6) is 0 Å². The minimum Gasteiger partial charge on any atom is -0.269 e. The normalized spacial score (nSPS) is 8.73. The van der Waals surface area contributed by atoms with Gasteiger partial charge in [0.05, 0.1) is 6.67 Å². The molecule has 0 saturated heterocycles. The van der Waals surface area contributed by atoms with Crippen molar-refractivity contribution in [3.05, 3.63) is 0 Å². The molecule has 0 saturated carbocycles. The Balaban J connectivity index is -0.000000107. The monoisotopic (exact) mass is 166 g/mol. The Hall–Kier alpha value is -0.140. The Labute approximate surface area is 69.6 Å². The van der Waals surface area contributed by atoms with Crippen molar-refractivity contribution in [2.75, 3.05) is 6.67 Å². The van der Waals surface area contributed by atoms with Crippen molar-refractivity contribution in [2.45, 2.75) is 41.0 Å². The van der Waals surface area contributed by atoms with E-state index in [-0.39, 0.29) is 17.3 Å². The van der Waals surface area contributed by atoms with Gasteiger partial charge in [0.15, 0.2) is 0 Å². The molecular formula is C9H22F2. The summed E-state index contributed by atoms with van der Waals surface area (Å²) in [7, 11) is 0. The molecule has 0 amide bonds. The van der Waals surface area contributed by atoms with Gasteiger partial charge in [0, 0.05) is 0 Å². The molecule has 0 atom stereocenters. The molecule has 11 heavy (non-hydrogen) atoms. The molecule has 0 aliphatic rings. The first kappa shape index (κ1) is 17.1. The standard InChI is InChI=1S/C5H12.C4H9F.FH/c1-4-5(2)3;1-4(2)3-5;/h5H,4H2,1-3H3;4H,3H2,1-2H3;1H/i;5-1;1-1. The molecule has 2 heteroatoms. The Morgan fingerprint density at radius 1 is 1.00 bits per heavy atom. The number of hydrogen-bond acceptors (Lipinski definition) is 0. The van der Waals surface area contributed by atoms with Crippen molar-refractivity contribution in [3.63, 3.8) is 0 Å². The van der Waals surface area contributed by atoms with Crippen LogP contribution in [0.25, 0.3) is 0 Å². The molecule has 0 fully saturated rings. The predicted octanol–water partition coefficient (Wildman–Crippen LogP) is 3.82. The SMILES string of the molecule is CC(C)C[18F].CCC(C)C.[18FH]. The van der Waals surface area contributed by atoms with Crippen LogP contribution in [0, 0.1) is 11.8 Å². The number of halogens is 2. The summed E-state index contributed by atoms with van der Waals surface area (Å²) in [6, 6.07) is 0. The average Bonchev–Trinajstić information content (AvgIpc) is 1.89. The van der Waals surface area contributed by atoms with E-state index in [2.05, 4.69) is 20.8 Å². The van der Waals surface area contributed by atoms with Gasteiger partial charge in [-0.3, -0.25) is 9.09 Å². The van der Waals surface area contributed by atoms with Crippen molar-refractivity contribution in [1.82, 2.24) is 0 Å². The largest absolute Gasteiger partial charge is 0.269 e. The van der Waals surface area contributed by atoms with Crippen LogP contribution < -0.4 is 0 Å². The van der Waals surface area contributed by atoms with Gasteiger partial charge in [0.1, 0.15) is 0 Å². The van der Waals surface area contributed by atoms with Gasteiger partial charge in [-0.1, -0.05) is 41.0 Å². The van der Waals surface area contributed by atoms with Gasteiger partial charge in [-0.15, -0.1) is 0 Å². The molecular weight excluding hydrogens is 144 g/mol. The molecule has 0 aromatic carbocycles. The maximum absolute atomic E-state index is 11.1. The molecule has 0 N–H and O–H groups in total. The first-order chi connectivity index (χ1) is 4.54. The highest BCUT2D eigenvalue weighted by molar-refractivity contribution is 4.33. The highest BCUT2D eigenvalue weighted by Crippen LogP contribution is 1.93. The minimum atomic E-state index is -0.194. The summed E-state index contributed by atoms with van der Waals surface area (Å²) in [6.07, 6.45) is 1.31. The highest BCUT2D eigenvalue weighted by Gasteiger charge is 1.83. The maximum Gasteiger partial charge on any atom is 0.0917 e. The summed E-state index contributed by atoms with van der Waals surface area (Å²) in [5.74, 6) is 1.10. The van der Waals surface area contributed by atoms with Gasteiger partial charge in [-0.2, -0.15) is 0 Å². The Kier molecular flexibility index (Phi) is 19.5. The van der Waals surface area contributed by atoms with Crippen LogP contribution in [0.3, 0.4) is 0 Å². The lowest BCUT2D eigenvalue weighted by Gasteiger charge is -1.90. The topological polar surface area (TPSA) is 0 Å². The summed E-state index contributed by atoms with van der Waals surface area (Å²) < 4.78 is 11.1. The first-order valence-electron chi connectivity index (χ1n) is 4.10. The van der Waals surface area contributed by atoms with E-state index >= 15 is 0 Å². The summed E-state index contributed by atoms with van der Waals surface area (Å²) in [5, 5.41) is 0. The van der Waals surface area contributed by atoms with E-state index in [1.54, 1.807) is 0 Å². The van der Waals surface area contributed by atoms with Crippen LogP contribution in [0.2, 0.25) is 0 Å². The Morgan fingerprint density at radius 3 is 1.18 bits per heavy atom. The molecule has 0 unspecified atom stereocenters. The average molecular weight is 166 g/mol. The van der Waals surface area contributed by atoms with Crippen LogP contribution in [-0.4, -0.2) is 6.67 Å². The Morgan fingerprint density at radius 2 is 1.18 bits per heavy atom. The third-order valence-electron chi connectivity index (χ3n) is 1.13. The van der Waals surface area contributed by atoms with Crippen molar-refractivity contribution >= 4 is 0 Å². The van der Waals surface area contributed by atoms with E-state index in [1.165, 1.54) is 6.42 Å². The lowest BCUT2D eigenvalue weighted by Crippen LogP contribution is -1.84. The number of rotatable bonds is 2. The van der Waals surface area contributed by atoms with Gasteiger partial charge < -0.3 is 0 Å². The first-order valence-corrected chi connectivity index (χ1v) is 4.10. The van der Waals surface area contributed by atoms with Crippen LogP contribution in [-0.2, 0) is 0 Å². The van der Waals surface area contributed by atoms with Crippen molar-refractivity contribution in [2.24, 2.45) is 11.8 Å². The molecule has 0 aromatic rings. The van der Waals surface area contributed by atoms with E-state index in [9.17, 15) is 4.39 Å². The van der Waals surface area contributed by atoms with Gasteiger partial charge in [-0.25, -0.2) is 0 Å². The molecule has 72 valence electrons. The Bertz CT molecular complexity index is 43.5. The van der Waals surface area contributed by atoms with E-state index in [1.807, 2.05) is 13.8 Å². The van der Waals surface area contributed by atoms with Crippen molar-refractivity contribution in [1.29, 1.82) is 0 Å². The zero-order valence-corrected chi connectivity index (χ0v) is 8.36. The van der Waals surface area contributed by atoms with E-state index in [4.69, 9.17) is 0 Å². The highest BCUT2D eigenvalue weighted by atomic mass is 18.2. The minimum absolute atomic E-state index is 0. The third kappa shape index (κ3) is 40.9. The quantitative estimate of drug-likeness (QED) is 0.585. The fourth-order valence-electron chi connectivity index (χ4n) is 0. The molecule has 0 spiro atoms. The molecule has 0 aromatic heterocycles. The second-order valence-corrected chi connectivity index (χ2v) is 3.35. The molecule has 0 heterocycles. The second-order valence-electron chi connectivity index (χ2n) is 3.35. The maximum atomic E-state index is 11.1. The van der Waals surface area contributed by atoms with Crippen LogP contribution in [0.4, 0.5) is 9.09 Å². The summed E-state index contributed by atoms with van der Waals surface area (Å²) in [4.78, 5) is 0. The molecule has 0 bridgehead atoms. The summed E-state index contributed by atoms with van der Waals surface area (Å²) >= 11 is 0. The fraction of sp³-hybridized carbons (Fsp3) is 1.00. The molecule has 0 aliphatic heterocycles. The molecule has 0 radical (unpaired) electrons. The number of alkyl halides is 1. The van der Waals surface area contributed by atoms with Gasteiger partial charge in [-0.05, 0) is 11.8 Å². The smallest absolute Gasteiger partial charge is 0.0917 e. The molecule has 0 rings (SSSR count). The predicted molar refractivity (Wildman–Crippen MR) is 48.4 cm³/mol. The van der Waals surface area contributed by atoms with E-state index in [0.717, 1.165) is 5.92 Å². The summed E-state index contributed by atoms with van der Waals surface area (Å²) in [6.45, 7) is 10.1. The van der Waals surface area contributed by atoms with E-state index < -0.39 is 0 Å². The van der Waals surface area contributed by atoms with Gasteiger partial charge >= 0.3 is 0 Å². The van der Waals surface area contributed by atoms with Gasteiger partial charge in [0.25, 0.3) is 0 Å². The lowest BCUT2D eigenvalue weighted by atomic mass is 10.2. The van der Waals surface area contributed by atoms with E-state index in [0.29, 0.717) is 0 Å². The zero-order chi connectivity index (χ0) is 8.57. The number of hydrogen-bond donors (Lipinski definition) is 0. The van der Waals surface area contributed by atoms with Gasteiger partial charge in [0.2, 0.25) is 0 Å². The van der Waals surface area contributed by atoms with Crippen molar-refractivity contribution in [3.8, 4) is 0 Å². The molecule has 0 nitrogen and oxygen atoms in total. The third-order valence-corrected chi connectivity index (χ3v) is 1.13. The lowest BCUT2D eigenvalue weighted by molar-refractivity contribution is 0.404.